The molecular formula is C27H36N2O5S. The summed E-state index contributed by atoms with van der Waals surface area (Å²) in [5.74, 6) is 0.358. The second-order valence-electron chi connectivity index (χ2n) is 11.9. The molecule has 0 saturated heterocycles. The second kappa shape index (κ2) is 8.10. The maximum atomic E-state index is 13.7. The standard InChI is InChI=1S/C27H36N2O5S/c1-5-35(32,33)28-18-6-7-20-19(16-18)27(14-12-26(10-11-26)13-15-27)17-29(20)24(31)22-9-8-21(34-22)23(30)25(2,3)4/h6-9,16,23,28,30H,5,10-15,17H2,1-4H3/t23-/m0/s1. The molecule has 2 aliphatic carbocycles. The molecule has 1 aromatic carbocycles. The van der Waals surface area contributed by atoms with Crippen molar-refractivity contribution >= 4 is 27.3 Å². The number of furan rings is 1. The number of rotatable bonds is 5. The lowest BCUT2D eigenvalue weighted by atomic mass is 9.66. The van der Waals surface area contributed by atoms with Gasteiger partial charge in [-0.05, 0) is 92.2 Å². The number of anilines is 2. The molecule has 190 valence electrons. The molecule has 2 spiro atoms. The molecule has 2 saturated carbocycles. The highest BCUT2D eigenvalue weighted by Gasteiger charge is 2.54. The fraction of sp³-hybridized carbons (Fsp3) is 0.593. The molecule has 1 aromatic heterocycles. The Hall–Kier alpha value is -2.32. The van der Waals surface area contributed by atoms with Gasteiger partial charge >= 0.3 is 0 Å². The normalized spacial score (nSPS) is 21.2. The summed E-state index contributed by atoms with van der Waals surface area (Å²) in [5, 5.41) is 10.6. The zero-order valence-electron chi connectivity index (χ0n) is 21.1. The number of hydrogen-bond donors (Lipinski definition) is 2. The highest BCUT2D eigenvalue weighted by Crippen LogP contribution is 2.62. The van der Waals surface area contributed by atoms with Crippen molar-refractivity contribution in [1.82, 2.24) is 0 Å². The van der Waals surface area contributed by atoms with Crippen LogP contribution in [0, 0.1) is 10.8 Å². The Kier molecular flexibility index (Phi) is 5.64. The first-order valence-corrected chi connectivity index (χ1v) is 14.3. The van der Waals surface area contributed by atoms with Gasteiger partial charge in [-0.1, -0.05) is 20.8 Å². The molecule has 2 aromatic rings. The SMILES string of the molecule is CCS(=O)(=O)Nc1ccc2c(c1)C1(CCC3(CC3)CC1)CN2C(=O)c1ccc([C@H](O)C(C)(C)C)o1. The van der Waals surface area contributed by atoms with Gasteiger partial charge < -0.3 is 14.4 Å². The third kappa shape index (κ3) is 4.40. The van der Waals surface area contributed by atoms with E-state index in [1.54, 1.807) is 30.0 Å². The monoisotopic (exact) mass is 500 g/mol. The predicted molar refractivity (Wildman–Crippen MR) is 136 cm³/mol. The van der Waals surface area contributed by atoms with Crippen LogP contribution in [0.5, 0.6) is 0 Å². The van der Waals surface area contributed by atoms with Gasteiger partial charge in [-0.15, -0.1) is 0 Å². The number of nitrogens with zero attached hydrogens (tertiary/aromatic N) is 1. The zero-order chi connectivity index (χ0) is 25.2. The Balaban J connectivity index is 1.48. The maximum absolute atomic E-state index is 13.7. The quantitative estimate of drug-likeness (QED) is 0.575. The number of sulfonamides is 1. The van der Waals surface area contributed by atoms with E-state index >= 15 is 0 Å². The van der Waals surface area contributed by atoms with Gasteiger partial charge in [-0.25, -0.2) is 8.42 Å². The first kappa shape index (κ1) is 24.4. The van der Waals surface area contributed by atoms with Crippen molar-refractivity contribution in [3.8, 4) is 0 Å². The number of aliphatic hydroxyl groups is 1. The van der Waals surface area contributed by atoms with E-state index in [2.05, 4.69) is 4.72 Å². The first-order valence-electron chi connectivity index (χ1n) is 12.6. The molecule has 1 aliphatic heterocycles. The molecule has 7 nitrogen and oxygen atoms in total. The summed E-state index contributed by atoms with van der Waals surface area (Å²) in [6.07, 6.45) is 6.02. The van der Waals surface area contributed by atoms with Crippen LogP contribution in [0.2, 0.25) is 0 Å². The van der Waals surface area contributed by atoms with E-state index < -0.39 is 21.5 Å². The van der Waals surface area contributed by atoms with Gasteiger partial charge in [0.15, 0.2) is 5.76 Å². The number of hydrogen-bond acceptors (Lipinski definition) is 5. The van der Waals surface area contributed by atoms with Crippen molar-refractivity contribution in [3.05, 3.63) is 47.4 Å². The minimum absolute atomic E-state index is 0.00357. The number of carbonyl (C=O) groups is 1. The van der Waals surface area contributed by atoms with Crippen LogP contribution in [0.4, 0.5) is 11.4 Å². The number of benzene rings is 1. The Morgan fingerprint density at radius 2 is 1.77 bits per heavy atom. The van der Waals surface area contributed by atoms with Gasteiger partial charge in [-0.2, -0.15) is 0 Å². The van der Waals surface area contributed by atoms with E-state index in [1.165, 1.54) is 12.8 Å². The minimum atomic E-state index is -3.40. The predicted octanol–water partition coefficient (Wildman–Crippen LogP) is 5.37. The molecule has 1 atom stereocenters. The summed E-state index contributed by atoms with van der Waals surface area (Å²) in [7, 11) is -3.40. The average molecular weight is 501 g/mol. The zero-order valence-corrected chi connectivity index (χ0v) is 21.9. The van der Waals surface area contributed by atoms with Crippen LogP contribution in [0.1, 0.15) is 94.2 Å². The van der Waals surface area contributed by atoms with Crippen LogP contribution in [-0.2, 0) is 15.4 Å². The Labute approximate surface area is 207 Å². The molecule has 35 heavy (non-hydrogen) atoms. The Bertz CT molecular complexity index is 1240. The highest BCUT2D eigenvalue weighted by atomic mass is 32.2. The number of carbonyl (C=O) groups excluding carboxylic acids is 1. The molecule has 0 unspecified atom stereocenters. The molecule has 8 heteroatoms. The fourth-order valence-corrected chi connectivity index (χ4v) is 6.33. The largest absolute Gasteiger partial charge is 0.453 e. The second-order valence-corrected chi connectivity index (χ2v) is 13.9. The van der Waals surface area contributed by atoms with Crippen molar-refractivity contribution in [2.24, 2.45) is 10.8 Å². The highest BCUT2D eigenvalue weighted by molar-refractivity contribution is 7.92. The van der Waals surface area contributed by atoms with Gasteiger partial charge in [0.1, 0.15) is 11.9 Å². The summed E-state index contributed by atoms with van der Waals surface area (Å²) in [6, 6.07) is 8.83. The lowest BCUT2D eigenvalue weighted by molar-refractivity contribution is 0.0422. The summed E-state index contributed by atoms with van der Waals surface area (Å²) in [5.41, 5.74) is 2.29. The van der Waals surface area contributed by atoms with Crippen molar-refractivity contribution < 1.29 is 22.7 Å². The van der Waals surface area contributed by atoms with Crippen LogP contribution in [0.15, 0.2) is 34.7 Å². The van der Waals surface area contributed by atoms with E-state index in [1.807, 2.05) is 32.9 Å². The van der Waals surface area contributed by atoms with Crippen LogP contribution in [0.25, 0.3) is 0 Å². The van der Waals surface area contributed by atoms with Crippen molar-refractivity contribution in [1.29, 1.82) is 0 Å². The lowest BCUT2D eigenvalue weighted by Crippen LogP contribution is -2.39. The fourth-order valence-electron chi connectivity index (χ4n) is 5.70. The lowest BCUT2D eigenvalue weighted by Gasteiger charge is -2.38. The summed E-state index contributed by atoms with van der Waals surface area (Å²) >= 11 is 0. The van der Waals surface area contributed by atoms with Gasteiger partial charge in [0, 0.05) is 23.3 Å². The van der Waals surface area contributed by atoms with E-state index in [0.717, 1.165) is 36.9 Å². The topological polar surface area (TPSA) is 99.9 Å². The number of nitrogens with one attached hydrogen (secondary N) is 1. The third-order valence-electron chi connectivity index (χ3n) is 8.37. The molecule has 2 N–H and O–H groups in total. The molecule has 0 bridgehead atoms. The van der Waals surface area contributed by atoms with Gasteiger partial charge in [0.05, 0.1) is 5.75 Å². The number of fused-ring (bicyclic) bond motifs is 2. The van der Waals surface area contributed by atoms with Crippen LogP contribution in [-0.4, -0.2) is 31.7 Å². The summed E-state index contributed by atoms with van der Waals surface area (Å²) < 4.78 is 32.9. The smallest absolute Gasteiger partial charge is 0.294 e. The van der Waals surface area contributed by atoms with Crippen molar-refractivity contribution in [3.63, 3.8) is 0 Å². The van der Waals surface area contributed by atoms with Crippen LogP contribution < -0.4 is 9.62 Å². The molecular weight excluding hydrogens is 464 g/mol. The molecule has 0 radical (unpaired) electrons. The summed E-state index contributed by atoms with van der Waals surface area (Å²) in [4.78, 5) is 15.4. The molecule has 2 fully saturated rings. The van der Waals surface area contributed by atoms with E-state index in [0.29, 0.717) is 23.4 Å². The van der Waals surface area contributed by atoms with E-state index in [4.69, 9.17) is 4.42 Å². The molecule has 3 aliphatic rings. The number of aliphatic hydroxyl groups excluding tert-OH is 1. The molecule has 2 heterocycles. The maximum Gasteiger partial charge on any atom is 0.294 e. The van der Waals surface area contributed by atoms with Gasteiger partial charge in [-0.3, -0.25) is 9.52 Å². The van der Waals surface area contributed by atoms with Crippen molar-refractivity contribution in [2.45, 2.75) is 77.7 Å². The Morgan fingerprint density at radius 3 is 2.37 bits per heavy atom. The van der Waals surface area contributed by atoms with E-state index in [9.17, 15) is 18.3 Å². The Morgan fingerprint density at radius 1 is 1.11 bits per heavy atom. The van der Waals surface area contributed by atoms with E-state index in [-0.39, 0.29) is 22.8 Å². The number of amides is 1. The average Bonchev–Trinajstić information content (AvgIpc) is 3.26. The molecule has 5 rings (SSSR count). The van der Waals surface area contributed by atoms with Gasteiger partial charge in [0.2, 0.25) is 10.0 Å². The summed E-state index contributed by atoms with van der Waals surface area (Å²) in [6.45, 7) is 7.92. The van der Waals surface area contributed by atoms with Crippen LogP contribution >= 0.6 is 0 Å². The third-order valence-corrected chi connectivity index (χ3v) is 9.68. The molecule has 1 amide bonds. The first-order chi connectivity index (χ1) is 16.4. The van der Waals surface area contributed by atoms with Crippen LogP contribution in [0.3, 0.4) is 0 Å². The van der Waals surface area contributed by atoms with Gasteiger partial charge in [0.25, 0.3) is 5.91 Å². The van der Waals surface area contributed by atoms with Crippen molar-refractivity contribution in [2.75, 3.05) is 21.9 Å². The minimum Gasteiger partial charge on any atom is -0.453 e.